The molecule has 0 radical (unpaired) electrons. The van der Waals surface area contributed by atoms with Gasteiger partial charge in [0.25, 0.3) is 0 Å². The molecule has 3 aromatic rings. The first-order chi connectivity index (χ1) is 14.7. The van der Waals surface area contributed by atoms with E-state index < -0.39 is 11.8 Å². The summed E-state index contributed by atoms with van der Waals surface area (Å²) in [5.74, 6) is -1.49. The quantitative estimate of drug-likeness (QED) is 0.479. The molecule has 6 heteroatoms. The zero-order chi connectivity index (χ0) is 22.7. The molecule has 0 atom stereocenters. The largest absolute Gasteiger partial charge is 0.478 e. The molecule has 0 unspecified atom stereocenters. The number of aliphatic hydroxyl groups excluding tert-OH is 1. The van der Waals surface area contributed by atoms with Gasteiger partial charge < -0.3 is 14.9 Å². The summed E-state index contributed by atoms with van der Waals surface area (Å²) < 4.78 is 20.2. The van der Waals surface area contributed by atoms with Gasteiger partial charge in [-0.05, 0) is 41.7 Å². The van der Waals surface area contributed by atoms with Gasteiger partial charge in [0.05, 0.1) is 17.9 Å². The average Bonchev–Trinajstić information content (AvgIpc) is 2.74. The summed E-state index contributed by atoms with van der Waals surface area (Å²) in [6, 6.07) is 13.0. The van der Waals surface area contributed by atoms with Crippen molar-refractivity contribution in [3.8, 4) is 22.6 Å². The van der Waals surface area contributed by atoms with Crippen LogP contribution in [0.3, 0.4) is 0 Å². The van der Waals surface area contributed by atoms with Gasteiger partial charge in [-0.25, -0.2) is 9.18 Å². The van der Waals surface area contributed by atoms with Gasteiger partial charge in [-0.3, -0.25) is 4.98 Å². The number of aliphatic hydroxyl groups is 1. The highest BCUT2D eigenvalue weighted by Crippen LogP contribution is 2.39. The van der Waals surface area contributed by atoms with E-state index in [1.54, 1.807) is 24.3 Å². The number of benzene rings is 2. The minimum Gasteiger partial charge on any atom is -0.478 e. The molecule has 2 aromatic carbocycles. The third kappa shape index (κ3) is 4.59. The molecule has 2 N–H and O–H groups in total. The molecule has 0 aliphatic heterocycles. The predicted molar refractivity (Wildman–Crippen MR) is 117 cm³/mol. The first kappa shape index (κ1) is 22.4. The minimum atomic E-state index is -1.15. The number of ether oxygens (including phenoxy) is 1. The smallest absolute Gasteiger partial charge is 0.338 e. The lowest BCUT2D eigenvalue weighted by molar-refractivity contribution is 0.0695. The third-order valence-electron chi connectivity index (χ3n) is 5.01. The van der Waals surface area contributed by atoms with Crippen molar-refractivity contribution in [2.24, 2.45) is 0 Å². The molecule has 1 aromatic heterocycles. The number of hydrogen-bond donors (Lipinski definition) is 2. The highest BCUT2D eigenvalue weighted by atomic mass is 19.1. The molecule has 0 aliphatic rings. The molecule has 162 valence electrons. The number of carboxylic acids is 1. The maximum atomic E-state index is 14.5. The molecule has 0 saturated heterocycles. The highest BCUT2D eigenvalue weighted by molar-refractivity contribution is 5.98. The second-order valence-corrected chi connectivity index (χ2v) is 7.94. The van der Waals surface area contributed by atoms with Gasteiger partial charge in [0.15, 0.2) is 11.6 Å². The average molecular weight is 423 g/mol. The predicted octanol–water partition coefficient (Wildman–Crippen LogP) is 6.12. The zero-order valence-electron chi connectivity index (χ0n) is 18.0. The van der Waals surface area contributed by atoms with Crippen molar-refractivity contribution in [2.75, 3.05) is 0 Å². The fraction of sp³-hybridized carbons (Fsp3) is 0.280. The Morgan fingerprint density at radius 2 is 1.68 bits per heavy atom. The number of carboxylic acid groups (broad SMARTS) is 1. The van der Waals surface area contributed by atoms with Crippen molar-refractivity contribution < 1.29 is 24.1 Å². The number of hydrogen-bond acceptors (Lipinski definition) is 4. The summed E-state index contributed by atoms with van der Waals surface area (Å²) in [5, 5.41) is 20.2. The topological polar surface area (TPSA) is 79.7 Å². The van der Waals surface area contributed by atoms with Gasteiger partial charge in [0.1, 0.15) is 5.75 Å². The SMILES string of the molecule is CC(C)c1nc(C(C)C)c(C(=O)O)c(-c2ccc(F)c(Oc3ccccc3)c2)c1CO. The Balaban J connectivity index is 2.30. The summed E-state index contributed by atoms with van der Waals surface area (Å²) in [6.45, 7) is 7.22. The lowest BCUT2D eigenvalue weighted by atomic mass is 9.87. The number of carbonyl (C=O) groups is 1. The Labute approximate surface area is 181 Å². The van der Waals surface area contributed by atoms with Crippen LogP contribution in [0, 0.1) is 5.82 Å². The van der Waals surface area contributed by atoms with Gasteiger partial charge in [-0.15, -0.1) is 0 Å². The Kier molecular flexibility index (Phi) is 6.71. The number of aromatic nitrogens is 1. The summed E-state index contributed by atoms with van der Waals surface area (Å²) in [6.07, 6.45) is 0. The number of nitrogens with zero attached hydrogens (tertiary/aromatic N) is 1. The lowest BCUT2D eigenvalue weighted by Gasteiger charge is -2.22. The van der Waals surface area contributed by atoms with Crippen molar-refractivity contribution in [2.45, 2.75) is 46.1 Å². The van der Waals surface area contributed by atoms with E-state index in [4.69, 9.17) is 4.74 Å². The molecule has 0 bridgehead atoms. The van der Waals surface area contributed by atoms with Gasteiger partial charge in [-0.2, -0.15) is 0 Å². The fourth-order valence-corrected chi connectivity index (χ4v) is 3.60. The Hall–Kier alpha value is -3.25. The summed E-state index contributed by atoms with van der Waals surface area (Å²) in [5.41, 5.74) is 2.28. The van der Waals surface area contributed by atoms with Crippen LogP contribution in [-0.2, 0) is 6.61 Å². The third-order valence-corrected chi connectivity index (χ3v) is 5.01. The Morgan fingerprint density at radius 3 is 2.23 bits per heavy atom. The van der Waals surface area contributed by atoms with Crippen LogP contribution in [0.1, 0.15) is 66.8 Å². The number of pyridine rings is 1. The molecule has 31 heavy (non-hydrogen) atoms. The monoisotopic (exact) mass is 423 g/mol. The van der Waals surface area contributed by atoms with E-state index in [0.29, 0.717) is 33.8 Å². The number of halogens is 1. The number of rotatable bonds is 7. The maximum Gasteiger partial charge on any atom is 0.338 e. The Morgan fingerprint density at radius 1 is 1.03 bits per heavy atom. The second-order valence-electron chi connectivity index (χ2n) is 7.94. The maximum absolute atomic E-state index is 14.5. The van der Waals surface area contributed by atoms with Crippen LogP contribution in [-0.4, -0.2) is 21.2 Å². The molecule has 1 heterocycles. The van der Waals surface area contributed by atoms with Gasteiger partial charge in [-0.1, -0.05) is 52.0 Å². The molecular formula is C25H26FNO4. The second kappa shape index (κ2) is 9.27. The standard InChI is InChI=1S/C25H26FNO4/c1-14(2)23-18(13-28)21(22(25(29)30)24(27-23)15(3)4)16-10-11-19(26)20(12-16)31-17-8-6-5-7-9-17/h5-12,14-15,28H,13H2,1-4H3,(H,29,30). The first-order valence-electron chi connectivity index (χ1n) is 10.2. The van der Waals surface area contributed by atoms with E-state index in [0.717, 1.165) is 0 Å². The number of para-hydroxylation sites is 1. The van der Waals surface area contributed by atoms with Crippen molar-refractivity contribution in [3.05, 3.63) is 76.9 Å². The van der Waals surface area contributed by atoms with Crippen LogP contribution in [0.4, 0.5) is 4.39 Å². The van der Waals surface area contributed by atoms with Gasteiger partial charge >= 0.3 is 5.97 Å². The van der Waals surface area contributed by atoms with E-state index >= 15 is 0 Å². The molecule has 0 amide bonds. The minimum absolute atomic E-state index is 0.0146. The molecular weight excluding hydrogens is 397 g/mol. The van der Waals surface area contributed by atoms with Crippen molar-refractivity contribution >= 4 is 5.97 Å². The lowest BCUT2D eigenvalue weighted by Crippen LogP contribution is -2.15. The van der Waals surface area contributed by atoms with Crippen molar-refractivity contribution in [3.63, 3.8) is 0 Å². The number of aromatic carboxylic acids is 1. The Bertz CT molecular complexity index is 1090. The summed E-state index contributed by atoms with van der Waals surface area (Å²) >= 11 is 0. The van der Waals surface area contributed by atoms with Crippen molar-refractivity contribution in [1.82, 2.24) is 4.98 Å². The van der Waals surface area contributed by atoms with Gasteiger partial charge in [0, 0.05) is 16.8 Å². The van der Waals surface area contributed by atoms with Crippen LogP contribution in [0.2, 0.25) is 0 Å². The summed E-state index contributed by atoms with van der Waals surface area (Å²) in [7, 11) is 0. The van der Waals surface area contributed by atoms with E-state index in [-0.39, 0.29) is 29.8 Å². The molecule has 0 fully saturated rings. The van der Waals surface area contributed by atoms with Crippen LogP contribution >= 0.6 is 0 Å². The first-order valence-corrected chi connectivity index (χ1v) is 10.2. The molecule has 3 rings (SSSR count). The van der Waals surface area contributed by atoms with Crippen LogP contribution in [0.15, 0.2) is 48.5 Å². The normalized spacial score (nSPS) is 11.2. The van der Waals surface area contributed by atoms with Gasteiger partial charge in [0.2, 0.25) is 0 Å². The zero-order valence-corrected chi connectivity index (χ0v) is 18.0. The molecule has 0 spiro atoms. The van der Waals surface area contributed by atoms with E-state index in [1.165, 1.54) is 18.2 Å². The van der Waals surface area contributed by atoms with Crippen LogP contribution in [0.5, 0.6) is 11.5 Å². The van der Waals surface area contributed by atoms with Crippen molar-refractivity contribution in [1.29, 1.82) is 0 Å². The molecule has 5 nitrogen and oxygen atoms in total. The fourth-order valence-electron chi connectivity index (χ4n) is 3.60. The van der Waals surface area contributed by atoms with Crippen LogP contribution < -0.4 is 4.74 Å². The highest BCUT2D eigenvalue weighted by Gasteiger charge is 2.27. The molecule has 0 saturated carbocycles. The molecule has 0 aliphatic carbocycles. The van der Waals surface area contributed by atoms with E-state index in [2.05, 4.69) is 4.98 Å². The van der Waals surface area contributed by atoms with E-state index in [9.17, 15) is 19.4 Å². The summed E-state index contributed by atoms with van der Waals surface area (Å²) in [4.78, 5) is 16.9. The van der Waals surface area contributed by atoms with Crippen LogP contribution in [0.25, 0.3) is 11.1 Å². The van der Waals surface area contributed by atoms with E-state index in [1.807, 2.05) is 33.8 Å².